The van der Waals surface area contributed by atoms with Crippen LogP contribution in [0.2, 0.25) is 0 Å². The van der Waals surface area contributed by atoms with Gasteiger partial charge < -0.3 is 5.11 Å². The number of nitrogens with one attached hydrogen (secondary N) is 1. The summed E-state index contributed by atoms with van der Waals surface area (Å²) >= 11 is 2.54. The lowest BCUT2D eigenvalue weighted by Crippen LogP contribution is -2.33. The molecule has 0 bridgehead atoms. The monoisotopic (exact) mass is 345 g/mol. The molecule has 2 heterocycles. The average molecular weight is 345 g/mol. The van der Waals surface area contributed by atoms with Gasteiger partial charge in [0.25, 0.3) is 0 Å². The van der Waals surface area contributed by atoms with Crippen molar-refractivity contribution in [3.8, 4) is 0 Å². The van der Waals surface area contributed by atoms with Crippen LogP contribution in [0.25, 0.3) is 0 Å². The van der Waals surface area contributed by atoms with Crippen LogP contribution in [0.5, 0.6) is 0 Å². The van der Waals surface area contributed by atoms with Crippen LogP contribution < -0.4 is 4.72 Å². The zero-order chi connectivity index (χ0) is 15.6. The van der Waals surface area contributed by atoms with Gasteiger partial charge in [0.2, 0.25) is 10.0 Å². The number of rotatable bonds is 6. The lowest BCUT2D eigenvalue weighted by atomic mass is 10.2. The lowest BCUT2D eigenvalue weighted by Gasteiger charge is -2.12. The standard InChI is InChI=1S/C13H15NO4S3/c1-8(5-11-4-3-9(2)20-11)14-21(17,18)12-6-10(7-19-12)13(15)16/h3-4,6-8,14H,5H2,1-2H3,(H,15,16). The molecule has 1 unspecified atom stereocenters. The van der Waals surface area contributed by atoms with Crippen LogP contribution in [0.1, 0.15) is 27.0 Å². The molecule has 0 aliphatic carbocycles. The van der Waals surface area contributed by atoms with E-state index < -0.39 is 16.0 Å². The first-order valence-corrected chi connectivity index (χ1v) is 9.35. The summed E-state index contributed by atoms with van der Waals surface area (Å²) in [4.78, 5) is 13.1. The van der Waals surface area contributed by atoms with E-state index in [1.54, 1.807) is 18.3 Å². The summed E-state index contributed by atoms with van der Waals surface area (Å²) in [5.74, 6) is -1.13. The highest BCUT2D eigenvalue weighted by Gasteiger charge is 2.21. The summed E-state index contributed by atoms with van der Waals surface area (Å²) in [5, 5.41) is 10.2. The third-order valence-corrected chi connectivity index (χ3v) is 6.80. The highest BCUT2D eigenvalue weighted by atomic mass is 32.2. The molecule has 0 aromatic carbocycles. The van der Waals surface area contributed by atoms with Gasteiger partial charge >= 0.3 is 5.97 Å². The molecule has 0 radical (unpaired) electrons. The van der Waals surface area contributed by atoms with Gasteiger partial charge in [0.15, 0.2) is 0 Å². The second-order valence-corrected chi connectivity index (χ2v) is 8.92. The van der Waals surface area contributed by atoms with E-state index in [2.05, 4.69) is 4.72 Å². The molecule has 0 spiro atoms. The van der Waals surface area contributed by atoms with Crippen LogP contribution in [0.4, 0.5) is 0 Å². The molecule has 114 valence electrons. The Labute approximate surface area is 131 Å². The van der Waals surface area contributed by atoms with Crippen molar-refractivity contribution in [2.45, 2.75) is 30.5 Å². The van der Waals surface area contributed by atoms with E-state index in [1.165, 1.54) is 16.3 Å². The lowest BCUT2D eigenvalue weighted by molar-refractivity contribution is 0.0697. The summed E-state index contributed by atoms with van der Waals surface area (Å²) < 4.78 is 27.0. The van der Waals surface area contributed by atoms with E-state index >= 15 is 0 Å². The number of carbonyl (C=O) groups is 1. The molecule has 0 amide bonds. The molecule has 0 aliphatic rings. The van der Waals surface area contributed by atoms with Crippen molar-refractivity contribution in [2.24, 2.45) is 0 Å². The number of aromatic carboxylic acids is 1. The molecular formula is C13H15NO4S3. The van der Waals surface area contributed by atoms with Crippen molar-refractivity contribution in [1.82, 2.24) is 4.72 Å². The Hall–Kier alpha value is -1.22. The topological polar surface area (TPSA) is 83.5 Å². The minimum atomic E-state index is -3.68. The van der Waals surface area contributed by atoms with E-state index in [0.29, 0.717) is 6.42 Å². The van der Waals surface area contributed by atoms with Crippen molar-refractivity contribution in [3.05, 3.63) is 38.9 Å². The van der Waals surface area contributed by atoms with Gasteiger partial charge in [-0.05, 0) is 38.5 Å². The maximum absolute atomic E-state index is 12.2. The SMILES string of the molecule is Cc1ccc(CC(C)NS(=O)(=O)c2cc(C(=O)O)cs2)s1. The maximum Gasteiger partial charge on any atom is 0.336 e. The number of carboxylic acids is 1. The molecule has 0 fully saturated rings. The summed E-state index contributed by atoms with van der Waals surface area (Å²) in [6.45, 7) is 3.79. The first kappa shape index (κ1) is 16.2. The Morgan fingerprint density at radius 2 is 2.14 bits per heavy atom. The van der Waals surface area contributed by atoms with Crippen LogP contribution in [-0.4, -0.2) is 25.5 Å². The van der Waals surface area contributed by atoms with E-state index in [4.69, 9.17) is 5.11 Å². The van der Waals surface area contributed by atoms with Gasteiger partial charge in [0, 0.05) is 21.2 Å². The molecule has 2 aromatic rings. The van der Waals surface area contributed by atoms with Crippen molar-refractivity contribution in [1.29, 1.82) is 0 Å². The Balaban J connectivity index is 2.07. The number of hydrogen-bond acceptors (Lipinski definition) is 5. The zero-order valence-corrected chi connectivity index (χ0v) is 13.9. The summed E-state index contributed by atoms with van der Waals surface area (Å²) in [7, 11) is -3.68. The normalized spacial score (nSPS) is 13.2. The molecule has 0 saturated carbocycles. The first-order valence-electron chi connectivity index (χ1n) is 6.17. The van der Waals surface area contributed by atoms with Gasteiger partial charge in [0.05, 0.1) is 5.56 Å². The van der Waals surface area contributed by atoms with Crippen molar-refractivity contribution < 1.29 is 18.3 Å². The van der Waals surface area contributed by atoms with Crippen molar-refractivity contribution in [2.75, 3.05) is 0 Å². The van der Waals surface area contributed by atoms with Crippen molar-refractivity contribution in [3.63, 3.8) is 0 Å². The largest absolute Gasteiger partial charge is 0.478 e. The van der Waals surface area contributed by atoms with Gasteiger partial charge in [-0.3, -0.25) is 0 Å². The smallest absolute Gasteiger partial charge is 0.336 e. The summed E-state index contributed by atoms with van der Waals surface area (Å²) in [5.41, 5.74) is -0.0121. The molecule has 1 atom stereocenters. The molecule has 21 heavy (non-hydrogen) atoms. The molecule has 0 saturated heterocycles. The fourth-order valence-electron chi connectivity index (χ4n) is 1.83. The molecule has 2 N–H and O–H groups in total. The third-order valence-electron chi connectivity index (χ3n) is 2.75. The number of sulfonamides is 1. The predicted molar refractivity (Wildman–Crippen MR) is 83.8 cm³/mol. The maximum atomic E-state index is 12.2. The Kier molecular flexibility index (Phi) is 4.82. The zero-order valence-electron chi connectivity index (χ0n) is 11.5. The fourth-order valence-corrected chi connectivity index (χ4v) is 5.26. The molecular weight excluding hydrogens is 330 g/mol. The van der Waals surface area contributed by atoms with Crippen LogP contribution >= 0.6 is 22.7 Å². The predicted octanol–water partition coefficient (Wildman–Crippen LogP) is 2.73. The fraction of sp³-hybridized carbons (Fsp3) is 0.308. The number of thiophene rings is 2. The molecule has 0 aliphatic heterocycles. The molecule has 2 aromatic heterocycles. The highest BCUT2D eigenvalue weighted by Crippen LogP contribution is 2.21. The molecule has 5 nitrogen and oxygen atoms in total. The van der Waals surface area contributed by atoms with Crippen molar-refractivity contribution >= 4 is 38.7 Å². The highest BCUT2D eigenvalue weighted by molar-refractivity contribution is 7.91. The van der Waals surface area contributed by atoms with Gasteiger partial charge in [0.1, 0.15) is 4.21 Å². The van der Waals surface area contributed by atoms with Crippen LogP contribution in [0.3, 0.4) is 0 Å². The van der Waals surface area contributed by atoms with Crippen LogP contribution in [0.15, 0.2) is 27.8 Å². The van der Waals surface area contributed by atoms with Crippen LogP contribution in [-0.2, 0) is 16.4 Å². The Morgan fingerprint density at radius 3 is 2.67 bits per heavy atom. The quantitative estimate of drug-likeness (QED) is 0.843. The summed E-state index contributed by atoms with van der Waals surface area (Å²) in [6.07, 6.45) is 0.606. The second-order valence-electron chi connectivity index (χ2n) is 4.70. The minimum Gasteiger partial charge on any atom is -0.478 e. The second kappa shape index (κ2) is 6.27. The van der Waals surface area contributed by atoms with E-state index in [-0.39, 0.29) is 15.8 Å². The first-order chi connectivity index (χ1) is 9.78. The van der Waals surface area contributed by atoms with Gasteiger partial charge in [-0.25, -0.2) is 17.9 Å². The van der Waals surface area contributed by atoms with Gasteiger partial charge in [-0.15, -0.1) is 22.7 Å². The minimum absolute atomic E-state index is 0.0121. The third kappa shape index (κ3) is 4.13. The molecule has 2 rings (SSSR count). The van der Waals surface area contributed by atoms with E-state index in [0.717, 1.165) is 16.2 Å². The van der Waals surface area contributed by atoms with Gasteiger partial charge in [-0.1, -0.05) is 0 Å². The molecule has 8 heteroatoms. The number of aryl methyl sites for hydroxylation is 1. The Bertz CT molecular complexity index is 745. The Morgan fingerprint density at radius 1 is 1.43 bits per heavy atom. The van der Waals surface area contributed by atoms with E-state index in [9.17, 15) is 13.2 Å². The summed E-state index contributed by atoms with van der Waals surface area (Å²) in [6, 6.07) is 4.90. The van der Waals surface area contributed by atoms with Gasteiger partial charge in [-0.2, -0.15) is 0 Å². The van der Waals surface area contributed by atoms with Crippen LogP contribution in [0, 0.1) is 6.92 Å². The van der Waals surface area contributed by atoms with E-state index in [1.807, 2.05) is 19.1 Å². The number of hydrogen-bond donors (Lipinski definition) is 2. The average Bonchev–Trinajstić information content (AvgIpc) is 2.97. The number of carboxylic acid groups (broad SMARTS) is 1.